The molecular formula is C12H17FN2O2S. The molecule has 0 bridgehead atoms. The molecule has 1 aliphatic heterocycles. The molecule has 0 unspecified atom stereocenters. The Labute approximate surface area is 107 Å². The van der Waals surface area contributed by atoms with Crippen LogP contribution in [0.1, 0.15) is 12.5 Å². The summed E-state index contributed by atoms with van der Waals surface area (Å²) in [6.45, 7) is 5.18. The van der Waals surface area contributed by atoms with Crippen molar-refractivity contribution in [2.45, 2.75) is 24.8 Å². The van der Waals surface area contributed by atoms with Crippen LogP contribution in [0.3, 0.4) is 0 Å². The van der Waals surface area contributed by atoms with Crippen LogP contribution in [0.4, 0.5) is 4.39 Å². The van der Waals surface area contributed by atoms with Crippen molar-refractivity contribution in [2.75, 3.05) is 19.6 Å². The number of benzene rings is 1. The van der Waals surface area contributed by atoms with Gasteiger partial charge in [0, 0.05) is 25.7 Å². The molecule has 1 N–H and O–H groups in total. The van der Waals surface area contributed by atoms with Crippen molar-refractivity contribution in [1.29, 1.82) is 0 Å². The molecule has 2 rings (SSSR count). The van der Waals surface area contributed by atoms with Gasteiger partial charge in [-0.3, -0.25) is 0 Å². The van der Waals surface area contributed by atoms with Gasteiger partial charge in [0.15, 0.2) is 0 Å². The Hall–Kier alpha value is -0.980. The largest absolute Gasteiger partial charge is 0.314 e. The number of halogens is 1. The zero-order valence-electron chi connectivity index (χ0n) is 10.5. The van der Waals surface area contributed by atoms with Crippen molar-refractivity contribution < 1.29 is 12.8 Å². The second-order valence-corrected chi connectivity index (χ2v) is 6.52. The fraction of sp³-hybridized carbons (Fsp3) is 0.500. The average molecular weight is 272 g/mol. The fourth-order valence-electron chi connectivity index (χ4n) is 2.17. The van der Waals surface area contributed by atoms with E-state index in [1.807, 2.05) is 6.92 Å². The third-order valence-electron chi connectivity index (χ3n) is 3.06. The van der Waals surface area contributed by atoms with Crippen molar-refractivity contribution in [1.82, 2.24) is 9.62 Å². The Balaban J connectivity index is 2.40. The maximum absolute atomic E-state index is 13.3. The first-order valence-electron chi connectivity index (χ1n) is 5.91. The van der Waals surface area contributed by atoms with Gasteiger partial charge in [-0.05, 0) is 37.6 Å². The number of hydrogen-bond donors (Lipinski definition) is 1. The van der Waals surface area contributed by atoms with Crippen molar-refractivity contribution in [2.24, 2.45) is 0 Å². The van der Waals surface area contributed by atoms with Crippen LogP contribution < -0.4 is 5.32 Å². The normalized spacial score (nSPS) is 22.1. The van der Waals surface area contributed by atoms with Crippen LogP contribution in [0.15, 0.2) is 23.1 Å². The van der Waals surface area contributed by atoms with E-state index in [0.717, 1.165) is 6.07 Å². The maximum Gasteiger partial charge on any atom is 0.243 e. The molecule has 1 heterocycles. The highest BCUT2D eigenvalue weighted by atomic mass is 32.2. The van der Waals surface area contributed by atoms with Crippen molar-refractivity contribution in [3.63, 3.8) is 0 Å². The molecule has 1 aliphatic rings. The lowest BCUT2D eigenvalue weighted by Gasteiger charge is -2.32. The fourth-order valence-corrected chi connectivity index (χ4v) is 3.91. The molecule has 0 spiro atoms. The highest BCUT2D eigenvalue weighted by Gasteiger charge is 2.31. The molecule has 1 fully saturated rings. The summed E-state index contributed by atoms with van der Waals surface area (Å²) in [5.74, 6) is -0.517. The molecule has 1 saturated heterocycles. The summed E-state index contributed by atoms with van der Waals surface area (Å²) in [6.07, 6.45) is 0. The van der Waals surface area contributed by atoms with Crippen molar-refractivity contribution in [3.05, 3.63) is 29.6 Å². The number of sulfonamides is 1. The summed E-state index contributed by atoms with van der Waals surface area (Å²) in [5, 5.41) is 3.13. The summed E-state index contributed by atoms with van der Waals surface area (Å²) in [7, 11) is -3.60. The van der Waals surface area contributed by atoms with Gasteiger partial charge in [-0.2, -0.15) is 4.31 Å². The molecule has 1 atom stereocenters. The Bertz CT molecular complexity index is 525. The predicted molar refractivity (Wildman–Crippen MR) is 67.4 cm³/mol. The van der Waals surface area contributed by atoms with Crippen LogP contribution in [0.5, 0.6) is 0 Å². The number of nitrogens with one attached hydrogen (secondary N) is 1. The lowest BCUT2D eigenvalue weighted by atomic mass is 10.2. The quantitative estimate of drug-likeness (QED) is 0.877. The van der Waals surface area contributed by atoms with E-state index in [2.05, 4.69) is 5.32 Å². The number of piperazine rings is 1. The lowest BCUT2D eigenvalue weighted by Crippen LogP contribution is -2.52. The summed E-state index contributed by atoms with van der Waals surface area (Å²) in [6, 6.07) is 3.79. The zero-order chi connectivity index (χ0) is 13.3. The van der Waals surface area contributed by atoms with E-state index in [0.29, 0.717) is 25.2 Å². The van der Waals surface area contributed by atoms with Crippen LogP contribution in [0, 0.1) is 12.7 Å². The number of rotatable bonds is 2. The lowest BCUT2D eigenvalue weighted by molar-refractivity contribution is 0.283. The van der Waals surface area contributed by atoms with E-state index in [4.69, 9.17) is 0 Å². The molecule has 0 amide bonds. The first-order chi connectivity index (χ1) is 8.41. The third-order valence-corrected chi connectivity index (χ3v) is 5.05. The van der Waals surface area contributed by atoms with Gasteiger partial charge in [0.2, 0.25) is 10.0 Å². The standard InChI is InChI=1S/C12H17FN2O2S/c1-9-5-11(13)7-12(6-9)18(16,17)15-4-3-14-8-10(15)2/h5-7,10,14H,3-4,8H2,1-2H3/t10-/m1/s1. The van der Waals surface area contributed by atoms with Gasteiger partial charge in [-0.1, -0.05) is 0 Å². The molecule has 1 aromatic carbocycles. The van der Waals surface area contributed by atoms with E-state index >= 15 is 0 Å². The minimum absolute atomic E-state index is 0.0359. The summed E-state index contributed by atoms with van der Waals surface area (Å²) in [5.41, 5.74) is 0.608. The number of nitrogens with zero attached hydrogens (tertiary/aromatic N) is 1. The molecule has 0 saturated carbocycles. The first kappa shape index (κ1) is 13.5. The monoisotopic (exact) mass is 272 g/mol. The highest BCUT2D eigenvalue weighted by molar-refractivity contribution is 7.89. The molecule has 18 heavy (non-hydrogen) atoms. The van der Waals surface area contributed by atoms with Gasteiger partial charge in [0.1, 0.15) is 5.82 Å². The van der Waals surface area contributed by atoms with Gasteiger partial charge in [0.05, 0.1) is 4.90 Å². The zero-order valence-corrected chi connectivity index (χ0v) is 11.3. The van der Waals surface area contributed by atoms with Gasteiger partial charge in [-0.15, -0.1) is 0 Å². The minimum Gasteiger partial charge on any atom is -0.314 e. The summed E-state index contributed by atoms with van der Waals surface area (Å²) in [4.78, 5) is 0.0359. The van der Waals surface area contributed by atoms with Crippen LogP contribution in [0.2, 0.25) is 0 Å². The smallest absolute Gasteiger partial charge is 0.243 e. The predicted octanol–water partition coefficient (Wildman–Crippen LogP) is 1.12. The molecular weight excluding hydrogens is 255 g/mol. The molecule has 0 aromatic heterocycles. The molecule has 0 aliphatic carbocycles. The van der Waals surface area contributed by atoms with Crippen molar-refractivity contribution in [3.8, 4) is 0 Å². The van der Waals surface area contributed by atoms with Gasteiger partial charge in [0.25, 0.3) is 0 Å². The molecule has 100 valence electrons. The molecule has 4 nitrogen and oxygen atoms in total. The molecule has 6 heteroatoms. The topological polar surface area (TPSA) is 49.4 Å². The van der Waals surface area contributed by atoms with Crippen LogP contribution in [0.25, 0.3) is 0 Å². The number of hydrogen-bond acceptors (Lipinski definition) is 3. The van der Waals surface area contributed by atoms with Gasteiger partial charge in [-0.25, -0.2) is 12.8 Å². The van der Waals surface area contributed by atoms with Crippen LogP contribution in [-0.2, 0) is 10.0 Å². The highest BCUT2D eigenvalue weighted by Crippen LogP contribution is 2.21. The second kappa shape index (κ2) is 4.95. The van der Waals surface area contributed by atoms with E-state index in [1.165, 1.54) is 16.4 Å². The van der Waals surface area contributed by atoms with E-state index < -0.39 is 15.8 Å². The van der Waals surface area contributed by atoms with E-state index in [1.54, 1.807) is 6.92 Å². The Morgan fingerprint density at radius 1 is 1.39 bits per heavy atom. The summed E-state index contributed by atoms with van der Waals surface area (Å²) < 4.78 is 39.6. The van der Waals surface area contributed by atoms with Crippen molar-refractivity contribution >= 4 is 10.0 Å². The SMILES string of the molecule is Cc1cc(F)cc(S(=O)(=O)N2CCNC[C@H]2C)c1. The van der Waals surface area contributed by atoms with Gasteiger partial charge < -0.3 is 5.32 Å². The maximum atomic E-state index is 13.3. The summed E-state index contributed by atoms with van der Waals surface area (Å²) >= 11 is 0. The average Bonchev–Trinajstić information content (AvgIpc) is 2.28. The first-order valence-corrected chi connectivity index (χ1v) is 7.35. The molecule has 1 aromatic rings. The van der Waals surface area contributed by atoms with Gasteiger partial charge >= 0.3 is 0 Å². The Morgan fingerprint density at radius 3 is 2.72 bits per heavy atom. The Kier molecular flexibility index (Phi) is 3.70. The third kappa shape index (κ3) is 2.55. The minimum atomic E-state index is -3.60. The molecule has 0 radical (unpaired) electrons. The number of aryl methyl sites for hydroxylation is 1. The van der Waals surface area contributed by atoms with E-state index in [9.17, 15) is 12.8 Å². The van der Waals surface area contributed by atoms with Crippen LogP contribution in [-0.4, -0.2) is 38.4 Å². The van der Waals surface area contributed by atoms with Crippen LogP contribution >= 0.6 is 0 Å². The van der Waals surface area contributed by atoms with E-state index in [-0.39, 0.29) is 10.9 Å². The second-order valence-electron chi connectivity index (χ2n) is 4.63. The Morgan fingerprint density at radius 2 is 2.11 bits per heavy atom.